The summed E-state index contributed by atoms with van der Waals surface area (Å²) >= 11 is 0. The lowest BCUT2D eigenvalue weighted by Crippen LogP contribution is -2.19. The third-order valence-corrected chi connectivity index (χ3v) is 10.6. The quantitative estimate of drug-likeness (QED) is 0.147. The van der Waals surface area contributed by atoms with Crippen molar-refractivity contribution in [1.29, 1.82) is 0 Å². The molecule has 0 fully saturated rings. The van der Waals surface area contributed by atoms with Crippen molar-refractivity contribution in [3.63, 3.8) is 0 Å². The van der Waals surface area contributed by atoms with Gasteiger partial charge in [-0.3, -0.25) is 4.57 Å². The van der Waals surface area contributed by atoms with Gasteiger partial charge in [0.15, 0.2) is 0 Å². The molecule has 5 aromatic carbocycles. The molecule has 268 valence electrons. The van der Waals surface area contributed by atoms with Gasteiger partial charge < -0.3 is 9.47 Å². The zero-order chi connectivity index (χ0) is 37.6. The monoisotopic (exact) mass is 718 g/mol. The number of pyridine rings is 2. The first-order valence-corrected chi connectivity index (χ1v) is 18.3. The second-order valence-electron chi connectivity index (χ2n) is 14.7. The normalized spacial score (nSPS) is 12.0. The van der Waals surface area contributed by atoms with Crippen molar-refractivity contribution in [2.45, 2.75) is 38.5 Å². The first-order chi connectivity index (χ1) is 26.7. The summed E-state index contributed by atoms with van der Waals surface area (Å²) < 4.78 is 14.4. The minimum absolute atomic E-state index is 0.378. The summed E-state index contributed by atoms with van der Waals surface area (Å²) in [4.78, 5) is 13.8. The van der Waals surface area contributed by atoms with Crippen molar-refractivity contribution in [3.8, 4) is 29.2 Å². The molecule has 0 N–H and O–H groups in total. The summed E-state index contributed by atoms with van der Waals surface area (Å²) in [5.41, 5.74) is 7.28. The van der Waals surface area contributed by atoms with Crippen molar-refractivity contribution in [2.75, 3.05) is 0 Å². The molecule has 0 saturated heterocycles. The number of aromatic nitrogens is 6. The van der Waals surface area contributed by atoms with Gasteiger partial charge in [-0.25, -0.2) is 15.0 Å². The molecular weight excluding hydrogens is 681 g/mol. The van der Waals surface area contributed by atoms with E-state index in [0.29, 0.717) is 17.7 Å². The maximum atomic E-state index is 6.13. The molecule has 4 aromatic heterocycles. The minimum atomic E-state index is -0.378. The van der Waals surface area contributed by atoms with Gasteiger partial charge in [0.1, 0.15) is 17.0 Å². The van der Waals surface area contributed by atoms with Gasteiger partial charge in [0.25, 0.3) is 5.95 Å². The number of hydrogen-bond acceptors (Lipinski definition) is 7. The molecule has 9 aromatic rings. The molecule has 55 heavy (non-hydrogen) atoms. The van der Waals surface area contributed by atoms with Gasteiger partial charge in [0.05, 0.1) is 16.6 Å². The zero-order valence-corrected chi connectivity index (χ0v) is 31.0. The molecule has 0 unspecified atom stereocenters. The molecule has 0 spiro atoms. The first-order valence-electron chi connectivity index (χ1n) is 18.3. The topological polar surface area (TPSA) is 87.8 Å². The average Bonchev–Trinajstić information content (AvgIpc) is 3.55. The Balaban J connectivity index is 1.18. The molecule has 9 rings (SSSR count). The number of rotatable bonds is 9. The van der Waals surface area contributed by atoms with E-state index in [4.69, 9.17) is 19.6 Å². The Bertz CT molecular complexity index is 2680. The van der Waals surface area contributed by atoms with E-state index >= 15 is 0 Å². The van der Waals surface area contributed by atoms with E-state index in [1.165, 1.54) is 0 Å². The van der Waals surface area contributed by atoms with E-state index < -0.39 is 0 Å². The zero-order valence-electron chi connectivity index (χ0n) is 31.0. The van der Waals surface area contributed by atoms with Crippen LogP contribution in [0.2, 0.25) is 0 Å². The first kappa shape index (κ1) is 33.9. The standard InChI is InChI=1S/C47H38N6O2/c1-46(2,31-13-11-15-35(27-31)54-43-19-7-9-25-48-43)33-21-23-37-38-24-22-34(47(3,4)32-14-12-16-36(28-32)55-44-20-8-10-26-49-44)30-42(38)53(41(37)29-33)45-50-39-17-5-6-18-40(39)51-52-45/h5-30H,1-4H3. The Morgan fingerprint density at radius 2 is 0.945 bits per heavy atom. The van der Waals surface area contributed by atoms with Crippen molar-refractivity contribution < 1.29 is 9.47 Å². The average molecular weight is 719 g/mol. The largest absolute Gasteiger partial charge is 0.439 e. The van der Waals surface area contributed by atoms with Crippen LogP contribution in [0.3, 0.4) is 0 Å². The molecule has 0 aliphatic rings. The minimum Gasteiger partial charge on any atom is -0.439 e. The summed E-state index contributed by atoms with van der Waals surface area (Å²) in [5, 5.41) is 11.5. The van der Waals surface area contributed by atoms with Gasteiger partial charge in [0.2, 0.25) is 11.8 Å². The number of benzene rings is 5. The fraction of sp³-hybridized carbons (Fsp3) is 0.128. The second-order valence-corrected chi connectivity index (χ2v) is 14.7. The van der Waals surface area contributed by atoms with Crippen LogP contribution in [-0.4, -0.2) is 29.7 Å². The van der Waals surface area contributed by atoms with E-state index in [2.05, 4.69) is 108 Å². The van der Waals surface area contributed by atoms with Crippen molar-refractivity contribution in [1.82, 2.24) is 29.7 Å². The lowest BCUT2D eigenvalue weighted by Gasteiger charge is -2.27. The molecule has 0 atom stereocenters. The van der Waals surface area contributed by atoms with Crippen LogP contribution < -0.4 is 9.47 Å². The van der Waals surface area contributed by atoms with Crippen molar-refractivity contribution in [2.24, 2.45) is 0 Å². The maximum Gasteiger partial charge on any atom is 0.255 e. The maximum absolute atomic E-state index is 6.13. The molecule has 8 nitrogen and oxygen atoms in total. The highest BCUT2D eigenvalue weighted by atomic mass is 16.5. The van der Waals surface area contributed by atoms with Crippen molar-refractivity contribution >= 4 is 32.8 Å². The molecular formula is C47H38N6O2. The Hall–Kier alpha value is -6.93. The van der Waals surface area contributed by atoms with E-state index in [0.717, 1.165) is 66.6 Å². The Morgan fingerprint density at radius 1 is 0.455 bits per heavy atom. The second kappa shape index (κ2) is 13.5. The predicted molar refractivity (Wildman–Crippen MR) is 217 cm³/mol. The van der Waals surface area contributed by atoms with Gasteiger partial charge in [-0.15, -0.1) is 10.2 Å². The smallest absolute Gasteiger partial charge is 0.255 e. The van der Waals surface area contributed by atoms with E-state index in [1.807, 2.05) is 84.9 Å². The number of ether oxygens (including phenoxy) is 2. The molecule has 0 amide bonds. The van der Waals surface area contributed by atoms with Crippen LogP contribution >= 0.6 is 0 Å². The highest BCUT2D eigenvalue weighted by Gasteiger charge is 2.28. The van der Waals surface area contributed by atoms with Gasteiger partial charge in [0, 0.05) is 46.1 Å². The van der Waals surface area contributed by atoms with Gasteiger partial charge in [-0.05, 0) is 82.9 Å². The molecule has 0 radical (unpaired) electrons. The van der Waals surface area contributed by atoms with Crippen LogP contribution in [0.1, 0.15) is 49.9 Å². The molecule has 0 aliphatic heterocycles. The Kier molecular flexibility index (Phi) is 8.31. The Morgan fingerprint density at radius 3 is 1.45 bits per heavy atom. The van der Waals surface area contributed by atoms with Gasteiger partial charge in [-0.2, -0.15) is 0 Å². The highest BCUT2D eigenvalue weighted by molar-refractivity contribution is 6.09. The van der Waals surface area contributed by atoms with Crippen LogP contribution in [-0.2, 0) is 10.8 Å². The van der Waals surface area contributed by atoms with Crippen LogP contribution in [0.25, 0.3) is 38.8 Å². The summed E-state index contributed by atoms with van der Waals surface area (Å²) in [6.45, 7) is 8.95. The fourth-order valence-electron chi connectivity index (χ4n) is 7.26. The molecule has 0 bridgehead atoms. The number of nitrogens with zero attached hydrogens (tertiary/aromatic N) is 6. The highest BCUT2D eigenvalue weighted by Crippen LogP contribution is 2.41. The summed E-state index contributed by atoms with van der Waals surface area (Å²) in [7, 11) is 0. The molecule has 0 aliphatic carbocycles. The predicted octanol–water partition coefficient (Wildman–Crippen LogP) is 11.1. The van der Waals surface area contributed by atoms with Gasteiger partial charge >= 0.3 is 0 Å². The van der Waals surface area contributed by atoms with E-state index in [9.17, 15) is 0 Å². The Labute approximate surface area is 319 Å². The van der Waals surface area contributed by atoms with Gasteiger partial charge in [-0.1, -0.05) is 100 Å². The molecule has 0 saturated carbocycles. The fourth-order valence-corrected chi connectivity index (χ4v) is 7.26. The number of para-hydroxylation sites is 1. The SMILES string of the molecule is CC(C)(c1cccc(Oc2ccccn2)c1)c1ccc2c3ccc(C(C)(C)c4cccc(Oc5ccccn5)c4)cc3n(-c3nnc4ccccc4n3)c2c1. The van der Waals surface area contributed by atoms with Crippen LogP contribution in [0, 0.1) is 0 Å². The summed E-state index contributed by atoms with van der Waals surface area (Å²) in [6.07, 6.45) is 3.46. The summed E-state index contributed by atoms with van der Waals surface area (Å²) in [5.74, 6) is 3.10. The lowest BCUT2D eigenvalue weighted by atomic mass is 9.77. The molecule has 8 heteroatoms. The third-order valence-electron chi connectivity index (χ3n) is 10.6. The number of hydrogen-bond donors (Lipinski definition) is 0. The van der Waals surface area contributed by atoms with E-state index in [-0.39, 0.29) is 10.8 Å². The van der Waals surface area contributed by atoms with Crippen LogP contribution in [0.4, 0.5) is 0 Å². The van der Waals surface area contributed by atoms with Crippen LogP contribution in [0.5, 0.6) is 23.3 Å². The molecule has 4 heterocycles. The summed E-state index contributed by atoms with van der Waals surface area (Å²) in [6, 6.07) is 49.0. The third kappa shape index (κ3) is 6.31. The van der Waals surface area contributed by atoms with Crippen LogP contribution in [0.15, 0.2) is 158 Å². The van der Waals surface area contributed by atoms with Crippen molar-refractivity contribution in [3.05, 3.63) is 180 Å². The lowest BCUT2D eigenvalue weighted by molar-refractivity contribution is 0.460. The van der Waals surface area contributed by atoms with E-state index in [1.54, 1.807) is 12.4 Å². The number of fused-ring (bicyclic) bond motifs is 4.